The number of likely N-dealkylation sites (N-methyl/N-ethyl adjacent to an activating group) is 1. The van der Waals surface area contributed by atoms with E-state index in [0.717, 1.165) is 5.56 Å². The molecule has 0 bridgehead atoms. The SMILES string of the molecule is COCCN(C)c1nc(-c2ccccc2)cc(=O)[nH]1. The standard InChI is InChI=1S/C14H17N3O2/c1-17(8-9-19-2)14-15-12(10-13(18)16-14)11-6-4-3-5-7-11/h3-7,10H,8-9H2,1-2H3,(H,15,16,18). The lowest BCUT2D eigenvalue weighted by atomic mass is 10.1. The number of aromatic amines is 1. The lowest BCUT2D eigenvalue weighted by Gasteiger charge is -2.17. The highest BCUT2D eigenvalue weighted by atomic mass is 16.5. The molecule has 1 heterocycles. The molecule has 0 fully saturated rings. The van der Waals surface area contributed by atoms with Gasteiger partial charge in [0.2, 0.25) is 5.95 Å². The number of methoxy groups -OCH3 is 1. The van der Waals surface area contributed by atoms with Gasteiger partial charge in [-0.25, -0.2) is 4.98 Å². The summed E-state index contributed by atoms with van der Waals surface area (Å²) in [5, 5.41) is 0. The molecule has 5 nitrogen and oxygen atoms in total. The average molecular weight is 259 g/mol. The number of rotatable bonds is 5. The van der Waals surface area contributed by atoms with Gasteiger partial charge in [-0.3, -0.25) is 9.78 Å². The van der Waals surface area contributed by atoms with E-state index >= 15 is 0 Å². The van der Waals surface area contributed by atoms with Gasteiger partial charge in [0.25, 0.3) is 5.56 Å². The van der Waals surface area contributed by atoms with Crippen LogP contribution in [0.4, 0.5) is 5.95 Å². The molecule has 5 heteroatoms. The van der Waals surface area contributed by atoms with Crippen LogP contribution in [0.1, 0.15) is 0 Å². The molecule has 0 spiro atoms. The van der Waals surface area contributed by atoms with Crippen LogP contribution in [-0.2, 0) is 4.74 Å². The molecule has 0 aliphatic rings. The fourth-order valence-corrected chi connectivity index (χ4v) is 1.72. The number of ether oxygens (including phenoxy) is 1. The van der Waals surface area contributed by atoms with E-state index in [4.69, 9.17) is 4.74 Å². The third-order valence-electron chi connectivity index (χ3n) is 2.79. The molecule has 0 radical (unpaired) electrons. The lowest BCUT2D eigenvalue weighted by Crippen LogP contribution is -2.26. The van der Waals surface area contributed by atoms with Crippen LogP contribution in [0.2, 0.25) is 0 Å². The first-order valence-electron chi connectivity index (χ1n) is 6.07. The molecule has 2 aromatic rings. The summed E-state index contributed by atoms with van der Waals surface area (Å²) in [6.45, 7) is 1.24. The predicted octanol–water partition coefficient (Wildman–Crippen LogP) is 1.52. The first-order valence-corrected chi connectivity index (χ1v) is 6.07. The number of anilines is 1. The summed E-state index contributed by atoms with van der Waals surface area (Å²) < 4.78 is 5.02. The van der Waals surface area contributed by atoms with Crippen molar-refractivity contribution in [3.05, 3.63) is 46.8 Å². The summed E-state index contributed by atoms with van der Waals surface area (Å²) in [7, 11) is 3.51. The van der Waals surface area contributed by atoms with Gasteiger partial charge in [0, 0.05) is 32.3 Å². The minimum atomic E-state index is -0.159. The maximum Gasteiger partial charge on any atom is 0.252 e. The van der Waals surface area contributed by atoms with Crippen LogP contribution in [-0.4, -0.2) is 37.3 Å². The summed E-state index contributed by atoms with van der Waals surface area (Å²) in [5.74, 6) is 0.545. The molecule has 0 saturated carbocycles. The number of hydrogen-bond acceptors (Lipinski definition) is 4. The first kappa shape index (κ1) is 13.3. The van der Waals surface area contributed by atoms with Crippen molar-refractivity contribution in [3.8, 4) is 11.3 Å². The van der Waals surface area contributed by atoms with Crippen molar-refractivity contribution in [3.63, 3.8) is 0 Å². The van der Waals surface area contributed by atoms with Crippen LogP contribution >= 0.6 is 0 Å². The zero-order valence-corrected chi connectivity index (χ0v) is 11.1. The number of benzene rings is 1. The van der Waals surface area contributed by atoms with E-state index in [9.17, 15) is 4.79 Å². The Kier molecular flexibility index (Phi) is 4.30. The molecule has 2 rings (SSSR count). The second-order valence-electron chi connectivity index (χ2n) is 4.23. The van der Waals surface area contributed by atoms with E-state index in [1.807, 2.05) is 42.3 Å². The fraction of sp³-hybridized carbons (Fsp3) is 0.286. The van der Waals surface area contributed by atoms with E-state index in [1.54, 1.807) is 7.11 Å². The molecule has 0 aliphatic heterocycles. The van der Waals surface area contributed by atoms with Gasteiger partial charge in [0.05, 0.1) is 12.3 Å². The highest BCUT2D eigenvalue weighted by Crippen LogP contribution is 2.16. The molecule has 0 saturated heterocycles. The van der Waals surface area contributed by atoms with Crippen molar-refractivity contribution in [1.29, 1.82) is 0 Å². The smallest absolute Gasteiger partial charge is 0.252 e. The molecule has 0 atom stereocenters. The quantitative estimate of drug-likeness (QED) is 0.884. The van der Waals surface area contributed by atoms with Crippen molar-refractivity contribution in [2.75, 3.05) is 32.2 Å². The Morgan fingerprint density at radius 2 is 2.05 bits per heavy atom. The Balaban J connectivity index is 2.32. The third-order valence-corrected chi connectivity index (χ3v) is 2.79. The number of nitrogens with one attached hydrogen (secondary N) is 1. The average Bonchev–Trinajstić information content (AvgIpc) is 2.45. The molecule has 1 N–H and O–H groups in total. The molecule has 100 valence electrons. The van der Waals surface area contributed by atoms with Gasteiger partial charge in [-0.2, -0.15) is 0 Å². The van der Waals surface area contributed by atoms with Crippen LogP contribution in [0.3, 0.4) is 0 Å². The topological polar surface area (TPSA) is 58.2 Å². The van der Waals surface area contributed by atoms with Gasteiger partial charge >= 0.3 is 0 Å². The highest BCUT2D eigenvalue weighted by Gasteiger charge is 2.07. The zero-order chi connectivity index (χ0) is 13.7. The number of H-pyrrole nitrogens is 1. The maximum atomic E-state index is 11.7. The normalized spacial score (nSPS) is 10.4. The predicted molar refractivity (Wildman–Crippen MR) is 75.4 cm³/mol. The third kappa shape index (κ3) is 3.42. The number of aromatic nitrogens is 2. The first-order chi connectivity index (χ1) is 9.20. The second-order valence-corrected chi connectivity index (χ2v) is 4.23. The van der Waals surface area contributed by atoms with Crippen LogP contribution < -0.4 is 10.5 Å². The van der Waals surface area contributed by atoms with Crippen molar-refractivity contribution in [2.45, 2.75) is 0 Å². The second kappa shape index (κ2) is 6.15. The maximum absolute atomic E-state index is 11.7. The molecular weight excluding hydrogens is 242 g/mol. The van der Waals surface area contributed by atoms with Crippen molar-refractivity contribution in [2.24, 2.45) is 0 Å². The van der Waals surface area contributed by atoms with Crippen LogP contribution in [0.5, 0.6) is 0 Å². The Labute approximate surface area is 111 Å². The fourth-order valence-electron chi connectivity index (χ4n) is 1.72. The largest absolute Gasteiger partial charge is 0.383 e. The van der Waals surface area contributed by atoms with Gasteiger partial charge in [0.1, 0.15) is 0 Å². The van der Waals surface area contributed by atoms with Crippen LogP contribution in [0.25, 0.3) is 11.3 Å². The number of hydrogen-bond donors (Lipinski definition) is 1. The lowest BCUT2D eigenvalue weighted by molar-refractivity contribution is 0.206. The Bertz CT molecular complexity index is 581. The van der Waals surface area contributed by atoms with Gasteiger partial charge in [0.15, 0.2) is 0 Å². The van der Waals surface area contributed by atoms with Crippen LogP contribution in [0, 0.1) is 0 Å². The summed E-state index contributed by atoms with van der Waals surface area (Å²) in [6, 6.07) is 11.1. The monoisotopic (exact) mass is 259 g/mol. The minimum Gasteiger partial charge on any atom is -0.383 e. The summed E-state index contributed by atoms with van der Waals surface area (Å²) in [5.41, 5.74) is 1.44. The van der Waals surface area contributed by atoms with E-state index in [2.05, 4.69) is 9.97 Å². The molecule has 0 aliphatic carbocycles. The van der Waals surface area contributed by atoms with E-state index in [1.165, 1.54) is 6.07 Å². The molecule has 1 aromatic heterocycles. The van der Waals surface area contributed by atoms with Crippen molar-refractivity contribution >= 4 is 5.95 Å². The zero-order valence-electron chi connectivity index (χ0n) is 11.1. The summed E-state index contributed by atoms with van der Waals surface area (Å²) in [4.78, 5) is 20.8. The molecule has 19 heavy (non-hydrogen) atoms. The van der Waals surface area contributed by atoms with Gasteiger partial charge in [-0.15, -0.1) is 0 Å². The van der Waals surface area contributed by atoms with E-state index in [0.29, 0.717) is 24.8 Å². The van der Waals surface area contributed by atoms with E-state index in [-0.39, 0.29) is 5.56 Å². The van der Waals surface area contributed by atoms with Gasteiger partial charge < -0.3 is 9.64 Å². The van der Waals surface area contributed by atoms with Crippen molar-refractivity contribution in [1.82, 2.24) is 9.97 Å². The number of nitrogens with zero attached hydrogens (tertiary/aromatic N) is 2. The highest BCUT2D eigenvalue weighted by molar-refractivity contribution is 5.59. The summed E-state index contributed by atoms with van der Waals surface area (Å²) >= 11 is 0. The molecule has 0 unspecified atom stereocenters. The van der Waals surface area contributed by atoms with Gasteiger partial charge in [-0.05, 0) is 0 Å². The van der Waals surface area contributed by atoms with Gasteiger partial charge in [-0.1, -0.05) is 30.3 Å². The van der Waals surface area contributed by atoms with E-state index < -0.39 is 0 Å². The molecule has 1 aromatic carbocycles. The Hall–Kier alpha value is -2.14. The Morgan fingerprint density at radius 1 is 1.32 bits per heavy atom. The molecular formula is C14H17N3O2. The van der Waals surface area contributed by atoms with Crippen molar-refractivity contribution < 1.29 is 4.74 Å². The minimum absolute atomic E-state index is 0.159. The van der Waals surface area contributed by atoms with Crippen LogP contribution in [0.15, 0.2) is 41.2 Å². The summed E-state index contributed by atoms with van der Waals surface area (Å²) in [6.07, 6.45) is 0. The Morgan fingerprint density at radius 3 is 2.74 bits per heavy atom. The molecule has 0 amide bonds.